The second-order valence-electron chi connectivity index (χ2n) is 6.23. The minimum atomic E-state index is -0.241. The van der Waals surface area contributed by atoms with Crippen LogP contribution in [0.4, 0.5) is 10.5 Å². The molecular formula is C22H19N5O. The van der Waals surface area contributed by atoms with Crippen LogP contribution in [0.2, 0.25) is 0 Å². The van der Waals surface area contributed by atoms with Crippen LogP contribution in [-0.2, 0) is 6.54 Å². The normalized spacial score (nSPS) is 10.4. The molecule has 0 spiro atoms. The maximum Gasteiger partial charge on any atom is 0.319 e. The molecule has 0 saturated carbocycles. The van der Waals surface area contributed by atoms with Gasteiger partial charge < -0.3 is 10.6 Å². The molecule has 0 saturated heterocycles. The van der Waals surface area contributed by atoms with E-state index in [9.17, 15) is 4.79 Å². The number of aromatic nitrogens is 3. The molecule has 0 bridgehead atoms. The van der Waals surface area contributed by atoms with Crippen LogP contribution in [0, 0.1) is 0 Å². The van der Waals surface area contributed by atoms with Gasteiger partial charge >= 0.3 is 6.03 Å². The van der Waals surface area contributed by atoms with E-state index >= 15 is 0 Å². The Bertz CT molecular complexity index is 1040. The molecule has 0 aliphatic heterocycles. The number of anilines is 1. The SMILES string of the molecule is O=C(NCc1ccccc1)Nc1ccc(-n2ccc(-c3cccnc3)n2)cc1. The first kappa shape index (κ1) is 17.5. The molecule has 4 aromatic rings. The highest BCUT2D eigenvalue weighted by atomic mass is 16.2. The van der Waals surface area contributed by atoms with Gasteiger partial charge in [-0.15, -0.1) is 0 Å². The van der Waals surface area contributed by atoms with Gasteiger partial charge in [0.1, 0.15) is 0 Å². The lowest BCUT2D eigenvalue weighted by atomic mass is 10.2. The lowest BCUT2D eigenvalue weighted by molar-refractivity contribution is 0.251. The summed E-state index contributed by atoms with van der Waals surface area (Å²) in [6.45, 7) is 0.481. The van der Waals surface area contributed by atoms with Crippen molar-refractivity contribution in [1.29, 1.82) is 0 Å². The lowest BCUT2D eigenvalue weighted by Crippen LogP contribution is -2.28. The summed E-state index contributed by atoms with van der Waals surface area (Å²) < 4.78 is 1.79. The van der Waals surface area contributed by atoms with E-state index in [1.807, 2.05) is 79.0 Å². The molecule has 0 aliphatic rings. The molecule has 2 amide bonds. The number of carbonyl (C=O) groups excluding carboxylic acids is 1. The fraction of sp³-hybridized carbons (Fsp3) is 0.0455. The average Bonchev–Trinajstić information content (AvgIpc) is 3.25. The molecular weight excluding hydrogens is 350 g/mol. The predicted molar refractivity (Wildman–Crippen MR) is 109 cm³/mol. The molecule has 2 aromatic carbocycles. The molecule has 6 heteroatoms. The minimum absolute atomic E-state index is 0.241. The van der Waals surface area contributed by atoms with Gasteiger partial charge in [0.2, 0.25) is 0 Å². The summed E-state index contributed by atoms with van der Waals surface area (Å²) >= 11 is 0. The van der Waals surface area contributed by atoms with Crippen molar-refractivity contribution in [3.63, 3.8) is 0 Å². The van der Waals surface area contributed by atoms with Crippen LogP contribution in [0.15, 0.2) is 91.4 Å². The van der Waals surface area contributed by atoms with E-state index < -0.39 is 0 Å². The van der Waals surface area contributed by atoms with Crippen molar-refractivity contribution in [2.75, 3.05) is 5.32 Å². The lowest BCUT2D eigenvalue weighted by Gasteiger charge is -2.08. The molecule has 138 valence electrons. The van der Waals surface area contributed by atoms with Gasteiger partial charge in [-0.05, 0) is 48.0 Å². The first-order valence-corrected chi connectivity index (χ1v) is 8.93. The molecule has 2 aromatic heterocycles. The topological polar surface area (TPSA) is 71.8 Å². The van der Waals surface area contributed by atoms with Gasteiger partial charge in [0.05, 0.1) is 11.4 Å². The van der Waals surface area contributed by atoms with E-state index in [-0.39, 0.29) is 6.03 Å². The molecule has 4 rings (SSSR count). The zero-order chi connectivity index (χ0) is 19.2. The number of hydrogen-bond donors (Lipinski definition) is 2. The summed E-state index contributed by atoms with van der Waals surface area (Å²) in [6, 6.07) is 22.9. The van der Waals surface area contributed by atoms with Gasteiger partial charge in [-0.3, -0.25) is 4.98 Å². The number of benzene rings is 2. The maximum atomic E-state index is 12.1. The number of pyridine rings is 1. The summed E-state index contributed by atoms with van der Waals surface area (Å²) in [6.07, 6.45) is 5.42. The molecule has 0 radical (unpaired) electrons. The van der Waals surface area contributed by atoms with Crippen molar-refractivity contribution in [2.45, 2.75) is 6.54 Å². The van der Waals surface area contributed by atoms with Gasteiger partial charge in [-0.25, -0.2) is 9.48 Å². The Morgan fingerprint density at radius 3 is 2.50 bits per heavy atom. The summed E-state index contributed by atoms with van der Waals surface area (Å²) in [7, 11) is 0. The van der Waals surface area contributed by atoms with Crippen LogP contribution in [-0.4, -0.2) is 20.8 Å². The minimum Gasteiger partial charge on any atom is -0.334 e. The third kappa shape index (κ3) is 4.24. The molecule has 0 atom stereocenters. The van der Waals surface area contributed by atoms with Crippen molar-refractivity contribution in [3.05, 3.63) is 97.0 Å². The molecule has 28 heavy (non-hydrogen) atoms. The summed E-state index contributed by atoms with van der Waals surface area (Å²) in [5.74, 6) is 0. The Balaban J connectivity index is 1.37. The van der Waals surface area contributed by atoms with Crippen LogP contribution < -0.4 is 10.6 Å². The van der Waals surface area contributed by atoms with Gasteiger partial charge in [0.15, 0.2) is 0 Å². The highest BCUT2D eigenvalue weighted by Crippen LogP contribution is 2.18. The first-order valence-electron chi connectivity index (χ1n) is 8.93. The van der Waals surface area contributed by atoms with Crippen molar-refractivity contribution in [3.8, 4) is 16.9 Å². The third-order valence-electron chi connectivity index (χ3n) is 4.23. The third-order valence-corrected chi connectivity index (χ3v) is 4.23. The predicted octanol–water partition coefficient (Wildman–Crippen LogP) is 4.26. The average molecular weight is 369 g/mol. The molecule has 6 nitrogen and oxygen atoms in total. The van der Waals surface area contributed by atoms with E-state index in [1.165, 1.54) is 0 Å². The summed E-state index contributed by atoms with van der Waals surface area (Å²) in [5, 5.41) is 10.3. The number of nitrogens with one attached hydrogen (secondary N) is 2. The Labute approximate surface area is 162 Å². The second kappa shape index (κ2) is 8.18. The van der Waals surface area contributed by atoms with Crippen molar-refractivity contribution in [2.24, 2.45) is 0 Å². The van der Waals surface area contributed by atoms with E-state index in [0.717, 1.165) is 22.5 Å². The van der Waals surface area contributed by atoms with Crippen LogP contribution in [0.3, 0.4) is 0 Å². The van der Waals surface area contributed by atoms with Gasteiger partial charge in [0, 0.05) is 36.4 Å². The highest BCUT2D eigenvalue weighted by molar-refractivity contribution is 5.89. The molecule has 2 N–H and O–H groups in total. The zero-order valence-corrected chi connectivity index (χ0v) is 15.1. The Morgan fingerprint density at radius 2 is 1.75 bits per heavy atom. The van der Waals surface area contributed by atoms with Gasteiger partial charge in [-0.2, -0.15) is 5.10 Å². The number of amides is 2. The van der Waals surface area contributed by atoms with E-state index in [4.69, 9.17) is 0 Å². The second-order valence-corrected chi connectivity index (χ2v) is 6.23. The smallest absolute Gasteiger partial charge is 0.319 e. The fourth-order valence-corrected chi connectivity index (χ4v) is 2.79. The Morgan fingerprint density at radius 1 is 0.929 bits per heavy atom. The Hall–Kier alpha value is -3.93. The molecule has 0 aliphatic carbocycles. The standard InChI is InChI=1S/C22H19N5O/c28-22(24-15-17-5-2-1-3-6-17)25-19-8-10-20(11-9-19)27-14-12-21(26-27)18-7-4-13-23-16-18/h1-14,16H,15H2,(H2,24,25,28). The van der Waals surface area contributed by atoms with E-state index in [1.54, 1.807) is 17.1 Å². The number of urea groups is 1. The molecule has 2 heterocycles. The monoisotopic (exact) mass is 369 g/mol. The molecule has 0 unspecified atom stereocenters. The van der Waals surface area contributed by atoms with Crippen molar-refractivity contribution < 1.29 is 4.79 Å². The molecule has 0 fully saturated rings. The number of rotatable bonds is 5. The number of carbonyl (C=O) groups is 1. The largest absolute Gasteiger partial charge is 0.334 e. The van der Waals surface area contributed by atoms with Gasteiger partial charge in [-0.1, -0.05) is 30.3 Å². The van der Waals surface area contributed by atoms with Crippen molar-refractivity contribution in [1.82, 2.24) is 20.1 Å². The highest BCUT2D eigenvalue weighted by Gasteiger charge is 2.05. The van der Waals surface area contributed by atoms with Gasteiger partial charge in [0.25, 0.3) is 0 Å². The van der Waals surface area contributed by atoms with Crippen LogP contribution >= 0.6 is 0 Å². The summed E-state index contributed by atoms with van der Waals surface area (Å²) in [4.78, 5) is 16.2. The van der Waals surface area contributed by atoms with Crippen LogP contribution in [0.25, 0.3) is 16.9 Å². The van der Waals surface area contributed by atoms with Crippen LogP contribution in [0.5, 0.6) is 0 Å². The van der Waals surface area contributed by atoms with E-state index in [2.05, 4.69) is 20.7 Å². The Kier molecular flexibility index (Phi) is 5.11. The quantitative estimate of drug-likeness (QED) is 0.552. The van der Waals surface area contributed by atoms with Crippen LogP contribution in [0.1, 0.15) is 5.56 Å². The van der Waals surface area contributed by atoms with Crippen molar-refractivity contribution >= 4 is 11.7 Å². The zero-order valence-electron chi connectivity index (χ0n) is 15.1. The number of nitrogens with zero attached hydrogens (tertiary/aromatic N) is 3. The maximum absolute atomic E-state index is 12.1. The fourth-order valence-electron chi connectivity index (χ4n) is 2.79. The summed E-state index contributed by atoms with van der Waals surface area (Å²) in [5.41, 5.74) is 4.50. The van der Waals surface area contributed by atoms with E-state index in [0.29, 0.717) is 12.2 Å². The number of hydrogen-bond acceptors (Lipinski definition) is 3. The first-order chi connectivity index (χ1) is 13.8.